The van der Waals surface area contributed by atoms with Crippen LogP contribution in [-0.2, 0) is 4.79 Å². The second kappa shape index (κ2) is 9.09. The number of benzene rings is 2. The van der Waals surface area contributed by atoms with Gasteiger partial charge in [0, 0.05) is 18.4 Å². The number of carbonyl (C=O) groups is 1. The van der Waals surface area contributed by atoms with Gasteiger partial charge in [0.05, 0.1) is 0 Å². The molecule has 1 saturated heterocycles. The third-order valence-corrected chi connectivity index (χ3v) is 5.37. The smallest absolute Gasteiger partial charge is 0.223 e. The maximum Gasteiger partial charge on any atom is 0.223 e. The fourth-order valence-corrected chi connectivity index (χ4v) is 3.67. The molecule has 3 rings (SSSR count). The molecule has 144 valence electrons. The number of nitrogens with zero attached hydrogens (tertiary/aromatic N) is 1. The number of amides is 1. The summed E-state index contributed by atoms with van der Waals surface area (Å²) in [6.07, 6.45) is 2.46. The maximum atomic E-state index is 13.3. The van der Waals surface area contributed by atoms with E-state index in [0.717, 1.165) is 37.1 Å². The van der Waals surface area contributed by atoms with Crippen molar-refractivity contribution in [3.63, 3.8) is 0 Å². The van der Waals surface area contributed by atoms with Crippen LogP contribution in [0.25, 0.3) is 0 Å². The molecule has 1 N–H and O–H groups in total. The fourth-order valence-electron chi connectivity index (χ4n) is 3.67. The first-order valence-corrected chi connectivity index (χ1v) is 9.50. The lowest BCUT2D eigenvalue weighted by Crippen LogP contribution is -2.39. The van der Waals surface area contributed by atoms with Gasteiger partial charge in [0.15, 0.2) is 0 Å². The van der Waals surface area contributed by atoms with Crippen LogP contribution < -0.4 is 5.32 Å². The molecule has 0 spiro atoms. The molecule has 1 aliphatic rings. The molecule has 1 amide bonds. The molecule has 1 fully saturated rings. The first-order valence-electron chi connectivity index (χ1n) is 9.50. The minimum absolute atomic E-state index is 0.0241. The number of carbonyl (C=O) groups excluding carboxylic acids is 1. The van der Waals surface area contributed by atoms with Crippen molar-refractivity contribution in [1.29, 1.82) is 0 Å². The van der Waals surface area contributed by atoms with Crippen molar-refractivity contribution in [2.75, 3.05) is 26.7 Å². The van der Waals surface area contributed by atoms with Gasteiger partial charge in [-0.25, -0.2) is 8.78 Å². The van der Waals surface area contributed by atoms with E-state index in [2.05, 4.69) is 17.3 Å². The van der Waals surface area contributed by atoms with Gasteiger partial charge in [-0.1, -0.05) is 24.3 Å². The number of piperidine rings is 1. The van der Waals surface area contributed by atoms with Crippen LogP contribution in [0.1, 0.15) is 36.3 Å². The van der Waals surface area contributed by atoms with E-state index in [1.807, 2.05) is 0 Å². The monoisotopic (exact) mass is 372 g/mol. The zero-order valence-electron chi connectivity index (χ0n) is 15.6. The van der Waals surface area contributed by atoms with E-state index in [4.69, 9.17) is 0 Å². The van der Waals surface area contributed by atoms with Crippen LogP contribution in [0.3, 0.4) is 0 Å². The Balaban J connectivity index is 1.64. The Morgan fingerprint density at radius 3 is 1.96 bits per heavy atom. The average Bonchev–Trinajstić information content (AvgIpc) is 2.67. The highest BCUT2D eigenvalue weighted by atomic mass is 19.1. The minimum atomic E-state index is -0.285. The number of rotatable bonds is 6. The van der Waals surface area contributed by atoms with Crippen molar-refractivity contribution in [2.45, 2.75) is 25.2 Å². The van der Waals surface area contributed by atoms with Crippen molar-refractivity contribution < 1.29 is 13.6 Å². The standard InChI is InChI=1S/C22H26F2N2O/c1-26-14-11-18(12-15-26)22(27)25-13-10-21(16-2-6-19(23)7-3-16)17-4-8-20(24)9-5-17/h2-9,18,21H,10-15H2,1H3,(H,25,27). The minimum Gasteiger partial charge on any atom is -0.356 e. The molecule has 0 aliphatic carbocycles. The highest BCUT2D eigenvalue weighted by Crippen LogP contribution is 2.28. The number of likely N-dealkylation sites (tertiary alicyclic amines) is 1. The Labute approximate surface area is 159 Å². The van der Waals surface area contributed by atoms with Gasteiger partial charge in [-0.3, -0.25) is 4.79 Å². The fraction of sp³-hybridized carbons (Fsp3) is 0.409. The Morgan fingerprint density at radius 2 is 1.48 bits per heavy atom. The van der Waals surface area contributed by atoms with Crippen molar-refractivity contribution >= 4 is 5.91 Å². The molecule has 1 heterocycles. The predicted molar refractivity (Wildman–Crippen MR) is 102 cm³/mol. The summed E-state index contributed by atoms with van der Waals surface area (Å²) in [5.74, 6) is -0.403. The van der Waals surface area contributed by atoms with Crippen molar-refractivity contribution in [2.24, 2.45) is 5.92 Å². The van der Waals surface area contributed by atoms with E-state index < -0.39 is 0 Å². The topological polar surface area (TPSA) is 32.3 Å². The van der Waals surface area contributed by atoms with Crippen LogP contribution >= 0.6 is 0 Å². The van der Waals surface area contributed by atoms with Gasteiger partial charge in [-0.15, -0.1) is 0 Å². The van der Waals surface area contributed by atoms with Gasteiger partial charge < -0.3 is 10.2 Å². The van der Waals surface area contributed by atoms with E-state index in [-0.39, 0.29) is 29.4 Å². The average molecular weight is 372 g/mol. The number of halogens is 2. The molecule has 1 aliphatic heterocycles. The molecule has 3 nitrogen and oxygen atoms in total. The molecule has 2 aromatic carbocycles. The van der Waals surface area contributed by atoms with E-state index in [9.17, 15) is 13.6 Å². The third kappa shape index (κ3) is 5.36. The second-order valence-corrected chi connectivity index (χ2v) is 7.31. The predicted octanol–water partition coefficient (Wildman–Crippen LogP) is 3.94. The van der Waals surface area contributed by atoms with E-state index in [1.54, 1.807) is 24.3 Å². The van der Waals surface area contributed by atoms with Crippen molar-refractivity contribution in [3.05, 3.63) is 71.3 Å². The SMILES string of the molecule is CN1CCC(C(=O)NCCC(c2ccc(F)cc2)c2ccc(F)cc2)CC1. The van der Waals surface area contributed by atoms with Gasteiger partial charge in [0.25, 0.3) is 0 Å². The van der Waals surface area contributed by atoms with Crippen molar-refractivity contribution in [3.8, 4) is 0 Å². The lowest BCUT2D eigenvalue weighted by Gasteiger charge is -2.28. The molecule has 0 unspecified atom stereocenters. The highest BCUT2D eigenvalue weighted by Gasteiger charge is 2.23. The molecule has 2 aromatic rings. The van der Waals surface area contributed by atoms with Gasteiger partial charge >= 0.3 is 0 Å². The molecule has 0 radical (unpaired) electrons. The van der Waals surface area contributed by atoms with Crippen LogP contribution in [0.5, 0.6) is 0 Å². The van der Waals surface area contributed by atoms with Gasteiger partial charge in [-0.2, -0.15) is 0 Å². The highest BCUT2D eigenvalue weighted by molar-refractivity contribution is 5.78. The van der Waals surface area contributed by atoms with Crippen LogP contribution in [0, 0.1) is 17.6 Å². The number of hydrogen-bond donors (Lipinski definition) is 1. The Hall–Kier alpha value is -2.27. The van der Waals surface area contributed by atoms with E-state index in [1.165, 1.54) is 24.3 Å². The first-order chi connectivity index (χ1) is 13.0. The van der Waals surface area contributed by atoms with Crippen LogP contribution in [-0.4, -0.2) is 37.5 Å². The number of nitrogens with one attached hydrogen (secondary N) is 1. The summed E-state index contributed by atoms with van der Waals surface area (Å²) >= 11 is 0. The largest absolute Gasteiger partial charge is 0.356 e. The molecule has 0 saturated carbocycles. The molecular weight excluding hydrogens is 346 g/mol. The Bertz CT molecular complexity index is 692. The van der Waals surface area contributed by atoms with Gasteiger partial charge in [-0.05, 0) is 74.8 Å². The number of hydrogen-bond acceptors (Lipinski definition) is 2. The third-order valence-electron chi connectivity index (χ3n) is 5.37. The Kier molecular flexibility index (Phi) is 6.56. The lowest BCUT2D eigenvalue weighted by atomic mass is 9.88. The molecule has 0 aromatic heterocycles. The molecule has 5 heteroatoms. The summed E-state index contributed by atoms with van der Waals surface area (Å²) in [4.78, 5) is 14.7. The Morgan fingerprint density at radius 1 is 1.00 bits per heavy atom. The van der Waals surface area contributed by atoms with E-state index >= 15 is 0 Å². The molecule has 0 atom stereocenters. The quantitative estimate of drug-likeness (QED) is 0.833. The molecule has 27 heavy (non-hydrogen) atoms. The van der Waals surface area contributed by atoms with Crippen LogP contribution in [0.4, 0.5) is 8.78 Å². The normalized spacial score (nSPS) is 15.9. The summed E-state index contributed by atoms with van der Waals surface area (Å²) in [5, 5.41) is 3.05. The summed E-state index contributed by atoms with van der Waals surface area (Å²) in [6.45, 7) is 2.43. The van der Waals surface area contributed by atoms with Crippen LogP contribution in [0.2, 0.25) is 0 Å². The lowest BCUT2D eigenvalue weighted by molar-refractivity contribution is -0.126. The summed E-state index contributed by atoms with van der Waals surface area (Å²) in [5.41, 5.74) is 1.91. The first kappa shape index (κ1) is 19.5. The summed E-state index contributed by atoms with van der Waals surface area (Å²) in [6, 6.07) is 12.7. The van der Waals surface area contributed by atoms with Crippen LogP contribution in [0.15, 0.2) is 48.5 Å². The van der Waals surface area contributed by atoms with Gasteiger partial charge in [0.2, 0.25) is 5.91 Å². The second-order valence-electron chi connectivity index (χ2n) is 7.31. The van der Waals surface area contributed by atoms with Crippen molar-refractivity contribution in [1.82, 2.24) is 10.2 Å². The van der Waals surface area contributed by atoms with E-state index in [0.29, 0.717) is 13.0 Å². The molecular formula is C22H26F2N2O. The maximum absolute atomic E-state index is 13.3. The zero-order valence-corrected chi connectivity index (χ0v) is 15.6. The molecule has 0 bridgehead atoms. The summed E-state index contributed by atoms with van der Waals surface area (Å²) < 4.78 is 26.6. The summed E-state index contributed by atoms with van der Waals surface area (Å²) in [7, 11) is 2.07. The zero-order chi connectivity index (χ0) is 19.2. The van der Waals surface area contributed by atoms with Gasteiger partial charge in [0.1, 0.15) is 11.6 Å².